The average Bonchev–Trinajstić information content (AvgIpc) is 3.30. The van der Waals surface area contributed by atoms with E-state index in [0.29, 0.717) is 29.0 Å². The maximum absolute atomic E-state index is 12.3. The largest absolute Gasteiger partial charge is 0.302 e. The lowest BCUT2D eigenvalue weighted by Crippen LogP contribution is -2.14. The number of benzene rings is 1. The van der Waals surface area contributed by atoms with Crippen molar-refractivity contribution in [3.63, 3.8) is 0 Å². The van der Waals surface area contributed by atoms with Crippen molar-refractivity contribution in [1.82, 2.24) is 15.2 Å². The summed E-state index contributed by atoms with van der Waals surface area (Å²) in [6.07, 6.45) is 1.83. The molecule has 0 fully saturated rings. The Balaban J connectivity index is 1.50. The van der Waals surface area contributed by atoms with Crippen molar-refractivity contribution in [2.24, 2.45) is 5.92 Å². The highest BCUT2D eigenvalue weighted by molar-refractivity contribution is 7.15. The number of anilines is 2. The number of aryl methyl sites for hydroxylation is 1. The summed E-state index contributed by atoms with van der Waals surface area (Å²) in [5.41, 5.74) is 1.34. The van der Waals surface area contributed by atoms with Gasteiger partial charge in [0, 0.05) is 18.2 Å². The zero-order valence-corrected chi connectivity index (χ0v) is 17.3. The minimum Gasteiger partial charge on any atom is -0.302 e. The number of aromatic nitrogens is 3. The number of rotatable bonds is 8. The van der Waals surface area contributed by atoms with Gasteiger partial charge in [-0.05, 0) is 17.9 Å². The Morgan fingerprint density at radius 1 is 1.07 bits per heavy atom. The summed E-state index contributed by atoms with van der Waals surface area (Å²) in [7, 11) is 0. The molecule has 0 bridgehead atoms. The standard InChI is InChI=1S/C19H21N5O2S2/c1-12(2)10-16-23-24-19(28-16)22-17(26)14-11-27-18(20-14)21-15(25)9-8-13-6-4-3-5-7-13/h3-7,11-12H,8-10H2,1-2H3,(H,20,21,25)(H,22,24,26). The van der Waals surface area contributed by atoms with Gasteiger partial charge in [-0.15, -0.1) is 21.5 Å². The van der Waals surface area contributed by atoms with Gasteiger partial charge in [0.2, 0.25) is 11.0 Å². The Morgan fingerprint density at radius 2 is 1.86 bits per heavy atom. The zero-order chi connectivity index (χ0) is 19.9. The Labute approximate surface area is 171 Å². The Bertz CT molecular complexity index is 937. The van der Waals surface area contributed by atoms with Gasteiger partial charge in [-0.2, -0.15) is 0 Å². The summed E-state index contributed by atoms with van der Waals surface area (Å²) in [5.74, 6) is -0.0241. The van der Waals surface area contributed by atoms with Crippen molar-refractivity contribution in [2.45, 2.75) is 33.1 Å². The second-order valence-electron chi connectivity index (χ2n) is 6.62. The average molecular weight is 416 g/mol. The smallest absolute Gasteiger partial charge is 0.277 e. The van der Waals surface area contributed by atoms with E-state index in [4.69, 9.17) is 0 Å². The van der Waals surface area contributed by atoms with Crippen molar-refractivity contribution in [1.29, 1.82) is 0 Å². The van der Waals surface area contributed by atoms with E-state index in [1.807, 2.05) is 30.3 Å². The Morgan fingerprint density at radius 3 is 2.61 bits per heavy atom. The van der Waals surface area contributed by atoms with E-state index in [9.17, 15) is 9.59 Å². The van der Waals surface area contributed by atoms with E-state index in [1.54, 1.807) is 5.38 Å². The van der Waals surface area contributed by atoms with Crippen molar-refractivity contribution in [3.8, 4) is 0 Å². The molecule has 146 valence electrons. The predicted molar refractivity (Wildman–Crippen MR) is 112 cm³/mol. The van der Waals surface area contributed by atoms with Gasteiger partial charge in [0.25, 0.3) is 5.91 Å². The van der Waals surface area contributed by atoms with Crippen molar-refractivity contribution < 1.29 is 9.59 Å². The van der Waals surface area contributed by atoms with Gasteiger partial charge < -0.3 is 5.32 Å². The SMILES string of the molecule is CC(C)Cc1nnc(NC(=O)c2csc(NC(=O)CCc3ccccc3)n2)s1. The normalized spacial score (nSPS) is 10.8. The molecule has 0 unspecified atom stereocenters. The lowest BCUT2D eigenvalue weighted by Gasteiger charge is -2.02. The third kappa shape index (κ3) is 5.93. The lowest BCUT2D eigenvalue weighted by atomic mass is 10.1. The van der Waals surface area contributed by atoms with E-state index < -0.39 is 0 Å². The summed E-state index contributed by atoms with van der Waals surface area (Å²) in [5, 5.41) is 16.8. The Kier molecular flexibility index (Phi) is 6.83. The first-order valence-corrected chi connectivity index (χ1v) is 10.6. The van der Waals surface area contributed by atoms with Gasteiger partial charge >= 0.3 is 0 Å². The number of nitrogens with one attached hydrogen (secondary N) is 2. The number of nitrogens with zero attached hydrogens (tertiary/aromatic N) is 3. The monoisotopic (exact) mass is 415 g/mol. The van der Waals surface area contributed by atoms with Crippen LogP contribution in [-0.2, 0) is 17.6 Å². The molecule has 28 heavy (non-hydrogen) atoms. The van der Waals surface area contributed by atoms with E-state index in [-0.39, 0.29) is 17.5 Å². The van der Waals surface area contributed by atoms with Crippen molar-refractivity contribution in [3.05, 3.63) is 52.0 Å². The number of thiazole rings is 1. The van der Waals surface area contributed by atoms with E-state index in [2.05, 4.69) is 39.7 Å². The van der Waals surface area contributed by atoms with Crippen LogP contribution in [0.3, 0.4) is 0 Å². The van der Waals surface area contributed by atoms with Gasteiger partial charge in [-0.1, -0.05) is 55.5 Å². The summed E-state index contributed by atoms with van der Waals surface area (Å²) in [6, 6.07) is 9.81. The predicted octanol–water partition coefficient (Wildman–Crippen LogP) is 4.02. The first-order valence-electron chi connectivity index (χ1n) is 8.92. The second-order valence-corrected chi connectivity index (χ2v) is 8.54. The summed E-state index contributed by atoms with van der Waals surface area (Å²) >= 11 is 2.57. The number of amides is 2. The van der Waals surface area contributed by atoms with Crippen molar-refractivity contribution in [2.75, 3.05) is 10.6 Å². The maximum atomic E-state index is 12.3. The molecule has 3 rings (SSSR count). The van der Waals surface area contributed by atoms with Crippen LogP contribution in [0, 0.1) is 5.92 Å². The zero-order valence-electron chi connectivity index (χ0n) is 15.6. The van der Waals surface area contributed by atoms with Gasteiger partial charge in [0.15, 0.2) is 5.13 Å². The van der Waals surface area contributed by atoms with E-state index in [0.717, 1.165) is 17.0 Å². The van der Waals surface area contributed by atoms with Crippen LogP contribution in [-0.4, -0.2) is 27.0 Å². The topological polar surface area (TPSA) is 96.9 Å². The highest BCUT2D eigenvalue weighted by atomic mass is 32.1. The molecule has 7 nitrogen and oxygen atoms in total. The summed E-state index contributed by atoms with van der Waals surface area (Å²) in [6.45, 7) is 4.20. The molecule has 2 heterocycles. The number of hydrogen-bond donors (Lipinski definition) is 2. The number of carbonyl (C=O) groups is 2. The fourth-order valence-electron chi connectivity index (χ4n) is 2.42. The third-order valence-electron chi connectivity index (χ3n) is 3.74. The molecule has 0 atom stereocenters. The lowest BCUT2D eigenvalue weighted by molar-refractivity contribution is -0.116. The van der Waals surface area contributed by atoms with Crippen LogP contribution in [0.2, 0.25) is 0 Å². The second kappa shape index (κ2) is 9.52. The minimum absolute atomic E-state index is 0.132. The summed E-state index contributed by atoms with van der Waals surface area (Å²) in [4.78, 5) is 28.6. The van der Waals surface area contributed by atoms with Gasteiger partial charge in [0.1, 0.15) is 10.7 Å². The maximum Gasteiger partial charge on any atom is 0.277 e. The molecule has 0 aliphatic rings. The van der Waals surface area contributed by atoms with Gasteiger partial charge in [-0.25, -0.2) is 4.98 Å². The first-order chi connectivity index (χ1) is 13.5. The molecule has 0 aliphatic heterocycles. The highest BCUT2D eigenvalue weighted by Crippen LogP contribution is 2.21. The molecule has 0 aliphatic carbocycles. The molecule has 3 aromatic rings. The van der Waals surface area contributed by atoms with Crippen LogP contribution >= 0.6 is 22.7 Å². The highest BCUT2D eigenvalue weighted by Gasteiger charge is 2.15. The van der Waals surface area contributed by atoms with Crippen molar-refractivity contribution >= 4 is 44.8 Å². The fourth-order valence-corrected chi connectivity index (χ4v) is 4.07. The van der Waals surface area contributed by atoms with E-state index >= 15 is 0 Å². The number of carbonyl (C=O) groups excluding carboxylic acids is 2. The van der Waals surface area contributed by atoms with Gasteiger partial charge in [-0.3, -0.25) is 14.9 Å². The van der Waals surface area contributed by atoms with E-state index in [1.165, 1.54) is 22.7 Å². The molecule has 0 radical (unpaired) electrons. The first kappa shape index (κ1) is 20.1. The van der Waals surface area contributed by atoms with Crippen LogP contribution in [0.5, 0.6) is 0 Å². The molecular weight excluding hydrogens is 394 g/mol. The molecule has 2 amide bonds. The molecule has 0 spiro atoms. The molecule has 2 N–H and O–H groups in total. The van der Waals surface area contributed by atoms with Crippen LogP contribution in [0.1, 0.15) is 41.3 Å². The quantitative estimate of drug-likeness (QED) is 0.579. The van der Waals surface area contributed by atoms with Crippen LogP contribution < -0.4 is 10.6 Å². The Hall–Kier alpha value is -2.65. The molecular formula is C19H21N5O2S2. The molecule has 0 saturated heterocycles. The van der Waals surface area contributed by atoms with Crippen LogP contribution in [0.25, 0.3) is 0 Å². The molecule has 0 saturated carbocycles. The molecule has 2 aromatic heterocycles. The van der Waals surface area contributed by atoms with Gasteiger partial charge in [0.05, 0.1) is 0 Å². The number of hydrogen-bond acceptors (Lipinski definition) is 7. The summed E-state index contributed by atoms with van der Waals surface area (Å²) < 4.78 is 0. The van der Waals surface area contributed by atoms with Crippen LogP contribution in [0.15, 0.2) is 35.7 Å². The molecule has 1 aromatic carbocycles. The molecule has 9 heteroatoms. The van der Waals surface area contributed by atoms with Crippen LogP contribution in [0.4, 0.5) is 10.3 Å². The third-order valence-corrected chi connectivity index (χ3v) is 5.36. The minimum atomic E-state index is -0.367. The fraction of sp³-hybridized carbons (Fsp3) is 0.316.